The fourth-order valence-corrected chi connectivity index (χ4v) is 5.86. The van der Waals surface area contributed by atoms with Crippen molar-refractivity contribution in [1.82, 2.24) is 19.9 Å². The van der Waals surface area contributed by atoms with E-state index >= 15 is 0 Å². The molecule has 3 N–H and O–H groups in total. The third-order valence-corrected chi connectivity index (χ3v) is 8.30. The number of aryl methyl sites for hydroxylation is 3. The van der Waals surface area contributed by atoms with Crippen LogP contribution in [0, 0.1) is 25.7 Å². The van der Waals surface area contributed by atoms with Crippen LogP contribution in [0.15, 0.2) is 30.3 Å². The molecule has 2 amide bonds. The van der Waals surface area contributed by atoms with Crippen LogP contribution in [0.1, 0.15) is 79.2 Å². The maximum atomic E-state index is 12.4. The number of carbonyl (C=O) groups excluding carboxylic acids is 1. The summed E-state index contributed by atoms with van der Waals surface area (Å²) in [6.45, 7) is 7.33. The molecule has 1 unspecified atom stereocenters. The Morgan fingerprint density at radius 3 is 2.49 bits per heavy atom. The zero-order chi connectivity index (χ0) is 26.7. The summed E-state index contributed by atoms with van der Waals surface area (Å²) in [7, 11) is 1.84. The minimum atomic E-state index is -0.868. The molecule has 2 aromatic carbocycles. The highest BCUT2D eigenvalue weighted by molar-refractivity contribution is 5.80. The smallest absolute Gasteiger partial charge is 0.315 e. The summed E-state index contributed by atoms with van der Waals surface area (Å²) in [5.74, 6) is 0.0506. The number of fused-ring (bicyclic) bond motifs is 1. The van der Waals surface area contributed by atoms with Gasteiger partial charge in [-0.2, -0.15) is 0 Å². The predicted molar refractivity (Wildman–Crippen MR) is 144 cm³/mol. The van der Waals surface area contributed by atoms with E-state index in [1.54, 1.807) is 9.58 Å². The summed E-state index contributed by atoms with van der Waals surface area (Å²) in [5.41, 5.74) is 12.3. The van der Waals surface area contributed by atoms with Crippen LogP contribution in [0.3, 0.4) is 0 Å². The molecule has 4 rings (SSSR count). The van der Waals surface area contributed by atoms with Crippen molar-refractivity contribution >= 4 is 23.0 Å². The van der Waals surface area contributed by atoms with Crippen LogP contribution >= 0.6 is 0 Å². The van der Waals surface area contributed by atoms with Gasteiger partial charge in [0.05, 0.1) is 11.9 Å². The van der Waals surface area contributed by atoms with Gasteiger partial charge in [-0.3, -0.25) is 4.79 Å². The van der Waals surface area contributed by atoms with Gasteiger partial charge in [0.25, 0.3) is 0 Å². The Hall–Kier alpha value is -3.42. The molecule has 0 saturated heterocycles. The highest BCUT2D eigenvalue weighted by Crippen LogP contribution is 2.35. The van der Waals surface area contributed by atoms with E-state index in [4.69, 9.17) is 5.73 Å². The molecule has 0 radical (unpaired) electrons. The molecule has 3 aromatic rings. The Balaban J connectivity index is 1.62. The average molecular weight is 506 g/mol. The lowest BCUT2D eigenvalue weighted by atomic mass is 9.80. The van der Waals surface area contributed by atoms with Gasteiger partial charge in [-0.25, -0.2) is 9.48 Å². The van der Waals surface area contributed by atoms with E-state index in [-0.39, 0.29) is 12.3 Å². The molecule has 1 heterocycles. The number of urea groups is 1. The van der Waals surface area contributed by atoms with Crippen molar-refractivity contribution in [3.63, 3.8) is 0 Å². The third-order valence-electron chi connectivity index (χ3n) is 8.30. The molecular weight excluding hydrogens is 466 g/mol. The van der Waals surface area contributed by atoms with E-state index in [2.05, 4.69) is 17.2 Å². The summed E-state index contributed by atoms with van der Waals surface area (Å²) in [6, 6.07) is 9.58. The summed E-state index contributed by atoms with van der Waals surface area (Å²) < 4.78 is 1.72. The molecule has 37 heavy (non-hydrogen) atoms. The summed E-state index contributed by atoms with van der Waals surface area (Å²) in [5, 5.41) is 18.2. The normalized spacial score (nSPS) is 18.6. The van der Waals surface area contributed by atoms with E-state index in [0.717, 1.165) is 57.6 Å². The van der Waals surface area contributed by atoms with Crippen LogP contribution in [0.5, 0.6) is 0 Å². The first-order valence-electron chi connectivity index (χ1n) is 13.3. The van der Waals surface area contributed by atoms with Crippen LogP contribution in [0.25, 0.3) is 11.0 Å². The molecule has 198 valence electrons. The van der Waals surface area contributed by atoms with Gasteiger partial charge in [-0.05, 0) is 72.4 Å². The monoisotopic (exact) mass is 505 g/mol. The molecule has 1 aliphatic rings. The summed E-state index contributed by atoms with van der Waals surface area (Å²) in [6.07, 6.45) is 5.87. The van der Waals surface area contributed by atoms with Crippen molar-refractivity contribution in [2.45, 2.75) is 71.8 Å². The third kappa shape index (κ3) is 5.95. The van der Waals surface area contributed by atoms with Gasteiger partial charge in [0.2, 0.25) is 0 Å². The first kappa shape index (κ1) is 26.6. The van der Waals surface area contributed by atoms with Crippen LogP contribution in [0.2, 0.25) is 0 Å². The first-order valence-corrected chi connectivity index (χ1v) is 13.3. The number of aromatic nitrogens is 3. The van der Waals surface area contributed by atoms with Crippen LogP contribution in [-0.2, 0) is 18.4 Å². The molecule has 1 saturated carbocycles. The zero-order valence-corrected chi connectivity index (χ0v) is 22.4. The fraction of sp³-hybridized carbons (Fsp3) is 0.517. The molecular formula is C29H39N5O3. The number of primary amides is 1. The molecule has 8 nitrogen and oxygen atoms in total. The molecule has 1 atom stereocenters. The van der Waals surface area contributed by atoms with Crippen molar-refractivity contribution in [2.24, 2.45) is 24.6 Å². The van der Waals surface area contributed by atoms with Gasteiger partial charge < -0.3 is 15.7 Å². The number of carboxylic acids is 1. The lowest BCUT2D eigenvalue weighted by Crippen LogP contribution is -2.39. The Morgan fingerprint density at radius 2 is 1.84 bits per heavy atom. The van der Waals surface area contributed by atoms with Crippen molar-refractivity contribution in [3.05, 3.63) is 58.1 Å². The Kier molecular flexibility index (Phi) is 8.15. The highest BCUT2D eigenvalue weighted by Gasteiger charge is 2.26. The second-order valence-corrected chi connectivity index (χ2v) is 10.7. The number of aliphatic carboxylic acids is 1. The van der Waals surface area contributed by atoms with Crippen LogP contribution < -0.4 is 5.73 Å². The number of rotatable bonds is 9. The number of carbonyl (C=O) groups is 2. The van der Waals surface area contributed by atoms with E-state index in [0.29, 0.717) is 19.0 Å². The summed E-state index contributed by atoms with van der Waals surface area (Å²) in [4.78, 5) is 26.1. The Bertz CT molecular complexity index is 1280. The first-order chi connectivity index (χ1) is 17.7. The maximum Gasteiger partial charge on any atom is 0.315 e. The van der Waals surface area contributed by atoms with Crippen molar-refractivity contribution in [2.75, 3.05) is 6.54 Å². The van der Waals surface area contributed by atoms with Gasteiger partial charge in [0.15, 0.2) is 0 Å². The molecule has 0 bridgehead atoms. The van der Waals surface area contributed by atoms with E-state index in [1.807, 2.05) is 51.2 Å². The predicted octanol–water partition coefficient (Wildman–Crippen LogP) is 5.29. The minimum absolute atomic E-state index is 0.0463. The molecule has 8 heteroatoms. The highest BCUT2D eigenvalue weighted by atomic mass is 16.4. The Morgan fingerprint density at radius 1 is 1.14 bits per heavy atom. The molecule has 1 fully saturated rings. The zero-order valence-electron chi connectivity index (χ0n) is 22.4. The molecule has 1 aromatic heterocycles. The van der Waals surface area contributed by atoms with Crippen molar-refractivity contribution < 1.29 is 14.7 Å². The topological polar surface area (TPSA) is 114 Å². The van der Waals surface area contributed by atoms with Gasteiger partial charge >= 0.3 is 12.0 Å². The van der Waals surface area contributed by atoms with Gasteiger partial charge in [0, 0.05) is 26.1 Å². The molecule has 0 aliphatic heterocycles. The SMILES string of the molecule is CCC1CCC(CN(Cc2cc(C(CC(=O)O)c3ccc4c(nnn4C)c3C)ccc2C)C(N)=O)CC1. The second kappa shape index (κ2) is 11.3. The largest absolute Gasteiger partial charge is 0.481 e. The van der Waals surface area contributed by atoms with Gasteiger partial charge in [-0.15, -0.1) is 5.10 Å². The van der Waals surface area contributed by atoms with E-state index in [1.165, 1.54) is 19.3 Å². The fourth-order valence-electron chi connectivity index (χ4n) is 5.86. The number of amides is 2. The summed E-state index contributed by atoms with van der Waals surface area (Å²) >= 11 is 0. The average Bonchev–Trinajstić information content (AvgIpc) is 3.25. The number of nitrogens with zero attached hydrogens (tertiary/aromatic N) is 4. The minimum Gasteiger partial charge on any atom is -0.481 e. The van der Waals surface area contributed by atoms with Crippen LogP contribution in [-0.4, -0.2) is 43.5 Å². The number of carboxylic acid groups (broad SMARTS) is 1. The van der Waals surface area contributed by atoms with Crippen molar-refractivity contribution in [1.29, 1.82) is 0 Å². The number of benzene rings is 2. The Labute approximate surface area is 218 Å². The van der Waals surface area contributed by atoms with Crippen molar-refractivity contribution in [3.8, 4) is 0 Å². The second-order valence-electron chi connectivity index (χ2n) is 10.7. The number of nitrogens with two attached hydrogens (primary N) is 1. The standard InChI is InChI=1S/C29H39N5O3/c1-5-20-7-9-21(10-8-20)16-34(29(30)37)17-23-14-22(11-6-18(23)2)25(15-27(35)36)24-12-13-26-28(19(24)3)31-32-33(26)4/h6,11-14,20-21,25H,5,7-10,15-17H2,1-4H3,(H2,30,37)(H,35,36). The van der Waals surface area contributed by atoms with Gasteiger partial charge in [-0.1, -0.05) is 55.7 Å². The van der Waals surface area contributed by atoms with E-state index in [9.17, 15) is 14.7 Å². The molecule has 1 aliphatic carbocycles. The van der Waals surface area contributed by atoms with E-state index < -0.39 is 12.0 Å². The maximum absolute atomic E-state index is 12.4. The van der Waals surface area contributed by atoms with Gasteiger partial charge in [0.1, 0.15) is 5.52 Å². The molecule has 0 spiro atoms. The lowest BCUT2D eigenvalue weighted by molar-refractivity contribution is -0.137. The lowest BCUT2D eigenvalue weighted by Gasteiger charge is -2.32. The van der Waals surface area contributed by atoms with Crippen LogP contribution in [0.4, 0.5) is 4.79 Å². The number of hydrogen-bond acceptors (Lipinski definition) is 4. The quantitative estimate of drug-likeness (QED) is 0.410. The number of hydrogen-bond donors (Lipinski definition) is 2.